The van der Waals surface area contributed by atoms with Gasteiger partial charge in [0.1, 0.15) is 5.75 Å². The summed E-state index contributed by atoms with van der Waals surface area (Å²) in [5.41, 5.74) is 1.54. The van der Waals surface area contributed by atoms with E-state index in [1.54, 1.807) is 6.07 Å². The second kappa shape index (κ2) is 12.0. The SMILES string of the molecule is CCCCCCCCOc1ccc(C)c(C(=O)OCCCC)c1. The Bertz CT molecular complexity index is 454. The molecule has 1 rings (SSSR count). The minimum Gasteiger partial charge on any atom is -0.494 e. The number of aryl methyl sites for hydroxylation is 1. The third kappa shape index (κ3) is 8.06. The average Bonchev–Trinajstić information content (AvgIpc) is 2.55. The lowest BCUT2D eigenvalue weighted by atomic mass is 10.1. The molecule has 0 bridgehead atoms. The van der Waals surface area contributed by atoms with Crippen LogP contribution in [0.1, 0.15) is 81.1 Å². The molecule has 23 heavy (non-hydrogen) atoms. The van der Waals surface area contributed by atoms with E-state index in [4.69, 9.17) is 9.47 Å². The van der Waals surface area contributed by atoms with Gasteiger partial charge in [0, 0.05) is 0 Å². The maximum Gasteiger partial charge on any atom is 0.338 e. The number of carbonyl (C=O) groups is 1. The summed E-state index contributed by atoms with van der Waals surface area (Å²) in [6.45, 7) is 7.42. The summed E-state index contributed by atoms with van der Waals surface area (Å²) in [4.78, 5) is 12.1. The molecule has 0 aromatic heterocycles. The molecule has 0 heterocycles. The van der Waals surface area contributed by atoms with Gasteiger partial charge in [-0.1, -0.05) is 58.4 Å². The van der Waals surface area contributed by atoms with Crippen LogP contribution in [0.25, 0.3) is 0 Å². The molecule has 0 saturated carbocycles. The van der Waals surface area contributed by atoms with E-state index in [0.717, 1.165) is 30.6 Å². The molecule has 130 valence electrons. The summed E-state index contributed by atoms with van der Waals surface area (Å²) in [5, 5.41) is 0. The van der Waals surface area contributed by atoms with Gasteiger partial charge in [-0.3, -0.25) is 0 Å². The molecule has 3 nitrogen and oxygen atoms in total. The van der Waals surface area contributed by atoms with Crippen molar-refractivity contribution in [3.05, 3.63) is 29.3 Å². The van der Waals surface area contributed by atoms with Crippen LogP contribution < -0.4 is 4.74 Å². The fraction of sp³-hybridized carbons (Fsp3) is 0.650. The summed E-state index contributed by atoms with van der Waals surface area (Å²) in [5.74, 6) is 0.507. The van der Waals surface area contributed by atoms with Crippen LogP contribution in [0.3, 0.4) is 0 Å². The van der Waals surface area contributed by atoms with Crippen molar-refractivity contribution in [2.75, 3.05) is 13.2 Å². The van der Waals surface area contributed by atoms with Crippen LogP contribution in [0.5, 0.6) is 5.75 Å². The third-order valence-electron chi connectivity index (χ3n) is 3.93. The van der Waals surface area contributed by atoms with Crippen LogP contribution in [0.2, 0.25) is 0 Å². The van der Waals surface area contributed by atoms with Crippen LogP contribution in [-0.2, 0) is 4.74 Å². The normalized spacial score (nSPS) is 10.6. The van der Waals surface area contributed by atoms with Gasteiger partial charge >= 0.3 is 5.97 Å². The van der Waals surface area contributed by atoms with E-state index < -0.39 is 0 Å². The van der Waals surface area contributed by atoms with Gasteiger partial charge in [-0.2, -0.15) is 0 Å². The molecule has 0 saturated heterocycles. The molecule has 0 radical (unpaired) electrons. The molecule has 0 aliphatic rings. The number of ether oxygens (including phenoxy) is 2. The predicted molar refractivity (Wildman–Crippen MR) is 95.2 cm³/mol. The molecule has 0 aliphatic carbocycles. The van der Waals surface area contributed by atoms with Crippen molar-refractivity contribution in [1.82, 2.24) is 0 Å². The maximum absolute atomic E-state index is 12.1. The number of carbonyl (C=O) groups excluding carboxylic acids is 1. The highest BCUT2D eigenvalue weighted by molar-refractivity contribution is 5.91. The van der Waals surface area contributed by atoms with Gasteiger partial charge in [0.2, 0.25) is 0 Å². The highest BCUT2D eigenvalue weighted by Gasteiger charge is 2.11. The maximum atomic E-state index is 12.1. The Morgan fingerprint density at radius 2 is 1.61 bits per heavy atom. The largest absolute Gasteiger partial charge is 0.494 e. The van der Waals surface area contributed by atoms with Crippen LogP contribution in [-0.4, -0.2) is 19.2 Å². The Kier molecular flexibility index (Phi) is 10.2. The number of esters is 1. The monoisotopic (exact) mass is 320 g/mol. The van der Waals surface area contributed by atoms with E-state index in [1.165, 1.54) is 32.1 Å². The van der Waals surface area contributed by atoms with Crippen molar-refractivity contribution in [1.29, 1.82) is 0 Å². The summed E-state index contributed by atoms with van der Waals surface area (Å²) in [6.07, 6.45) is 9.38. The average molecular weight is 320 g/mol. The van der Waals surface area contributed by atoms with Gasteiger partial charge in [0.05, 0.1) is 18.8 Å². The molecule has 1 aromatic rings. The first-order valence-corrected chi connectivity index (χ1v) is 9.09. The third-order valence-corrected chi connectivity index (χ3v) is 3.93. The standard InChI is InChI=1S/C20H32O3/c1-4-6-8-9-10-11-15-22-18-13-12-17(3)19(16-18)20(21)23-14-7-5-2/h12-13,16H,4-11,14-15H2,1-3H3. The van der Waals surface area contributed by atoms with Crippen molar-refractivity contribution in [3.63, 3.8) is 0 Å². The molecule has 0 atom stereocenters. The Balaban J connectivity index is 2.39. The summed E-state index contributed by atoms with van der Waals surface area (Å²) >= 11 is 0. The summed E-state index contributed by atoms with van der Waals surface area (Å²) in [6, 6.07) is 5.66. The molecule has 0 aliphatic heterocycles. The van der Waals surface area contributed by atoms with Gasteiger partial charge in [0.25, 0.3) is 0 Å². The number of unbranched alkanes of at least 4 members (excludes halogenated alkanes) is 6. The topological polar surface area (TPSA) is 35.5 Å². The Labute approximate surface area is 141 Å². The van der Waals surface area contributed by atoms with Gasteiger partial charge in [-0.25, -0.2) is 4.79 Å². The zero-order valence-corrected chi connectivity index (χ0v) is 15.0. The van der Waals surface area contributed by atoms with Gasteiger partial charge in [-0.05, 0) is 37.5 Å². The Hall–Kier alpha value is -1.51. The predicted octanol–water partition coefficient (Wildman–Crippen LogP) is 5.69. The van der Waals surface area contributed by atoms with E-state index in [1.807, 2.05) is 19.1 Å². The fourth-order valence-corrected chi connectivity index (χ4v) is 2.37. The lowest BCUT2D eigenvalue weighted by Gasteiger charge is -2.10. The summed E-state index contributed by atoms with van der Waals surface area (Å²) in [7, 11) is 0. The number of hydrogen-bond donors (Lipinski definition) is 0. The van der Waals surface area contributed by atoms with Gasteiger partial charge in [0.15, 0.2) is 0 Å². The lowest BCUT2D eigenvalue weighted by molar-refractivity contribution is 0.0498. The minimum absolute atomic E-state index is 0.249. The van der Waals surface area contributed by atoms with Gasteiger partial charge < -0.3 is 9.47 Å². The molecule has 1 aromatic carbocycles. The van der Waals surface area contributed by atoms with Crippen molar-refractivity contribution in [3.8, 4) is 5.75 Å². The highest BCUT2D eigenvalue weighted by atomic mass is 16.5. The molecule has 3 heteroatoms. The van der Waals surface area contributed by atoms with Crippen molar-refractivity contribution in [2.24, 2.45) is 0 Å². The number of rotatable bonds is 12. The van der Waals surface area contributed by atoms with Crippen molar-refractivity contribution in [2.45, 2.75) is 72.1 Å². The van der Waals surface area contributed by atoms with E-state index in [9.17, 15) is 4.79 Å². The molecular weight excluding hydrogens is 288 g/mol. The van der Waals surface area contributed by atoms with E-state index in [2.05, 4.69) is 13.8 Å². The highest BCUT2D eigenvalue weighted by Crippen LogP contribution is 2.19. The second-order valence-electron chi connectivity index (χ2n) is 6.08. The molecule has 0 N–H and O–H groups in total. The molecule has 0 fully saturated rings. The lowest BCUT2D eigenvalue weighted by Crippen LogP contribution is -2.09. The zero-order chi connectivity index (χ0) is 16.9. The van der Waals surface area contributed by atoms with Crippen molar-refractivity contribution >= 4 is 5.97 Å². The van der Waals surface area contributed by atoms with E-state index >= 15 is 0 Å². The molecule has 0 spiro atoms. The Morgan fingerprint density at radius 3 is 2.35 bits per heavy atom. The first-order valence-electron chi connectivity index (χ1n) is 9.09. The van der Waals surface area contributed by atoms with Crippen LogP contribution >= 0.6 is 0 Å². The number of benzene rings is 1. The van der Waals surface area contributed by atoms with E-state index in [-0.39, 0.29) is 5.97 Å². The second-order valence-corrected chi connectivity index (χ2v) is 6.08. The minimum atomic E-state index is -0.249. The van der Waals surface area contributed by atoms with Crippen LogP contribution in [0.4, 0.5) is 0 Å². The molecule has 0 amide bonds. The van der Waals surface area contributed by atoms with Crippen LogP contribution in [0, 0.1) is 6.92 Å². The van der Waals surface area contributed by atoms with Crippen LogP contribution in [0.15, 0.2) is 18.2 Å². The van der Waals surface area contributed by atoms with E-state index in [0.29, 0.717) is 18.8 Å². The Morgan fingerprint density at radius 1 is 0.913 bits per heavy atom. The first kappa shape index (κ1) is 19.5. The quantitative estimate of drug-likeness (QED) is 0.366. The number of hydrogen-bond acceptors (Lipinski definition) is 3. The molecular formula is C20H32O3. The first-order chi connectivity index (χ1) is 11.2. The fourth-order valence-electron chi connectivity index (χ4n) is 2.37. The smallest absolute Gasteiger partial charge is 0.338 e. The summed E-state index contributed by atoms with van der Waals surface area (Å²) < 4.78 is 11.1. The van der Waals surface area contributed by atoms with Gasteiger partial charge in [-0.15, -0.1) is 0 Å². The molecule has 0 unspecified atom stereocenters. The van der Waals surface area contributed by atoms with Crippen molar-refractivity contribution < 1.29 is 14.3 Å². The zero-order valence-electron chi connectivity index (χ0n) is 15.0.